The fourth-order valence-corrected chi connectivity index (χ4v) is 3.72. The van der Waals surface area contributed by atoms with Crippen molar-refractivity contribution in [3.8, 4) is 17.2 Å². The van der Waals surface area contributed by atoms with Gasteiger partial charge < -0.3 is 14.6 Å². The monoisotopic (exact) mass is 318 g/mol. The zero-order valence-corrected chi connectivity index (χ0v) is 14.3. The number of phenols is 1. The molecule has 0 fully saturated rings. The molecule has 0 spiro atoms. The van der Waals surface area contributed by atoms with Gasteiger partial charge in [0.15, 0.2) is 0 Å². The van der Waals surface area contributed by atoms with Gasteiger partial charge in [-0.3, -0.25) is 0 Å². The van der Waals surface area contributed by atoms with E-state index in [1.807, 2.05) is 36.4 Å². The molecule has 0 saturated heterocycles. The molecule has 0 aliphatic heterocycles. The van der Waals surface area contributed by atoms with Crippen LogP contribution in [-0.4, -0.2) is 19.3 Å². The Morgan fingerprint density at radius 3 is 2.23 bits per heavy atom. The first-order valence-corrected chi connectivity index (χ1v) is 8.50. The van der Waals surface area contributed by atoms with Crippen molar-refractivity contribution in [2.24, 2.45) is 0 Å². The Kier molecular flexibility index (Phi) is 6.09. The molecule has 0 aliphatic rings. The summed E-state index contributed by atoms with van der Waals surface area (Å²) in [4.78, 5) is 0. The molecule has 0 radical (unpaired) electrons. The molecule has 118 valence electrons. The van der Waals surface area contributed by atoms with E-state index in [0.717, 1.165) is 46.9 Å². The number of para-hydroxylation sites is 1. The average Bonchev–Trinajstić information content (AvgIpc) is 2.55. The molecule has 1 N–H and O–H groups in total. The smallest absolute Gasteiger partial charge is 0.130 e. The molecule has 0 aromatic heterocycles. The van der Waals surface area contributed by atoms with E-state index in [4.69, 9.17) is 9.47 Å². The Labute approximate surface area is 134 Å². The van der Waals surface area contributed by atoms with Gasteiger partial charge in [-0.25, -0.2) is 0 Å². The third kappa shape index (κ3) is 3.72. The highest BCUT2D eigenvalue weighted by atomic mass is 31.1. The van der Waals surface area contributed by atoms with Crippen molar-refractivity contribution in [2.75, 3.05) is 14.2 Å². The van der Waals surface area contributed by atoms with Crippen LogP contribution in [0.15, 0.2) is 36.4 Å². The van der Waals surface area contributed by atoms with Crippen LogP contribution in [0.3, 0.4) is 0 Å². The predicted molar refractivity (Wildman–Crippen MR) is 93.8 cm³/mol. The second-order valence-corrected chi connectivity index (χ2v) is 6.37. The molecule has 0 saturated carbocycles. The van der Waals surface area contributed by atoms with Crippen molar-refractivity contribution >= 4 is 19.2 Å². The van der Waals surface area contributed by atoms with Crippen molar-refractivity contribution in [1.82, 2.24) is 0 Å². The number of ether oxygens (including phenoxy) is 2. The Balaban J connectivity index is 2.35. The molecule has 4 heteroatoms. The summed E-state index contributed by atoms with van der Waals surface area (Å²) in [5.41, 5.74) is 1.01. The van der Waals surface area contributed by atoms with Crippen LogP contribution in [0.4, 0.5) is 0 Å². The van der Waals surface area contributed by atoms with E-state index in [-0.39, 0.29) is 8.58 Å². The highest BCUT2D eigenvalue weighted by Crippen LogP contribution is 2.30. The quantitative estimate of drug-likeness (QED) is 0.796. The molecule has 0 amide bonds. The van der Waals surface area contributed by atoms with Gasteiger partial charge in [-0.05, 0) is 39.1 Å². The van der Waals surface area contributed by atoms with Crippen molar-refractivity contribution in [3.05, 3.63) is 42.0 Å². The Morgan fingerprint density at radius 1 is 1.00 bits per heavy atom. The standard InChI is InChI=1S/C18H23O3P/c1-4-5-8-13-9-6-12-16(17(13)19)22-18-14(20-2)10-7-11-15(18)21-3/h6-7,9-12,19,22H,4-5,8H2,1-3H3. The van der Waals surface area contributed by atoms with Gasteiger partial charge in [0.05, 0.1) is 19.5 Å². The lowest BCUT2D eigenvalue weighted by atomic mass is 10.1. The predicted octanol–water partition coefficient (Wildman–Crippen LogP) is 3.38. The highest BCUT2D eigenvalue weighted by molar-refractivity contribution is 7.56. The molecule has 1 atom stereocenters. The second kappa shape index (κ2) is 8.05. The van der Waals surface area contributed by atoms with Gasteiger partial charge in [-0.15, -0.1) is 0 Å². The molecule has 0 aliphatic carbocycles. The average molecular weight is 318 g/mol. The van der Waals surface area contributed by atoms with Crippen molar-refractivity contribution in [2.45, 2.75) is 26.2 Å². The van der Waals surface area contributed by atoms with Gasteiger partial charge in [-0.2, -0.15) is 0 Å². The summed E-state index contributed by atoms with van der Waals surface area (Å²) in [6, 6.07) is 11.7. The lowest BCUT2D eigenvalue weighted by Crippen LogP contribution is -2.11. The Hall–Kier alpha value is -1.73. The van der Waals surface area contributed by atoms with E-state index in [2.05, 4.69) is 6.92 Å². The highest BCUT2D eigenvalue weighted by Gasteiger charge is 2.14. The minimum absolute atomic E-state index is 0.288. The molecule has 2 rings (SSSR count). The first-order valence-electron chi connectivity index (χ1n) is 7.50. The van der Waals surface area contributed by atoms with E-state index < -0.39 is 0 Å². The van der Waals surface area contributed by atoms with Gasteiger partial charge in [-0.1, -0.05) is 37.6 Å². The summed E-state index contributed by atoms with van der Waals surface area (Å²) in [5, 5.41) is 12.4. The third-order valence-electron chi connectivity index (χ3n) is 3.61. The summed E-state index contributed by atoms with van der Waals surface area (Å²) in [7, 11) is 3.59. The number of rotatable bonds is 7. The fourth-order valence-electron chi connectivity index (χ4n) is 2.37. The van der Waals surface area contributed by atoms with Crippen LogP contribution in [0, 0.1) is 0 Å². The van der Waals surface area contributed by atoms with Crippen molar-refractivity contribution in [1.29, 1.82) is 0 Å². The van der Waals surface area contributed by atoms with Crippen LogP contribution >= 0.6 is 8.58 Å². The molecule has 2 aromatic carbocycles. The molecule has 0 heterocycles. The van der Waals surface area contributed by atoms with Gasteiger partial charge in [0.25, 0.3) is 0 Å². The van der Waals surface area contributed by atoms with Crippen molar-refractivity contribution in [3.63, 3.8) is 0 Å². The number of phenolic OH excluding ortho intramolecular Hbond substituents is 1. The van der Waals surface area contributed by atoms with Crippen LogP contribution < -0.4 is 20.1 Å². The Morgan fingerprint density at radius 2 is 1.64 bits per heavy atom. The van der Waals surface area contributed by atoms with Gasteiger partial charge >= 0.3 is 0 Å². The Bertz CT molecular complexity index is 603. The normalized spacial score (nSPS) is 11.0. The van der Waals surface area contributed by atoms with Gasteiger partial charge in [0.1, 0.15) is 17.2 Å². The molecular weight excluding hydrogens is 295 g/mol. The van der Waals surface area contributed by atoms with Gasteiger partial charge in [0, 0.05) is 5.30 Å². The largest absolute Gasteiger partial charge is 0.507 e. The minimum atomic E-state index is 0.288. The molecule has 1 unspecified atom stereocenters. The summed E-state index contributed by atoms with van der Waals surface area (Å²) in [6.07, 6.45) is 3.11. The third-order valence-corrected chi connectivity index (χ3v) is 5.02. The van der Waals surface area contributed by atoms with E-state index in [0.29, 0.717) is 5.75 Å². The molecular formula is C18H23O3P. The number of benzene rings is 2. The van der Waals surface area contributed by atoms with Crippen LogP contribution in [0.25, 0.3) is 0 Å². The maximum atomic E-state index is 10.5. The summed E-state index contributed by atoms with van der Waals surface area (Å²) >= 11 is 0. The summed E-state index contributed by atoms with van der Waals surface area (Å²) < 4.78 is 10.9. The van der Waals surface area contributed by atoms with Crippen LogP contribution in [0.1, 0.15) is 25.3 Å². The summed E-state index contributed by atoms with van der Waals surface area (Å²) in [6.45, 7) is 2.16. The second-order valence-electron chi connectivity index (χ2n) is 5.08. The van der Waals surface area contributed by atoms with Crippen LogP contribution in [0.5, 0.6) is 17.2 Å². The van der Waals surface area contributed by atoms with E-state index in [1.165, 1.54) is 0 Å². The number of hydrogen-bond donors (Lipinski definition) is 1. The number of unbranched alkanes of at least 4 members (excludes halogenated alkanes) is 1. The van der Waals surface area contributed by atoms with E-state index >= 15 is 0 Å². The lowest BCUT2D eigenvalue weighted by molar-refractivity contribution is 0.401. The first kappa shape index (κ1) is 16.6. The van der Waals surface area contributed by atoms with Crippen LogP contribution in [0.2, 0.25) is 0 Å². The topological polar surface area (TPSA) is 38.7 Å². The maximum Gasteiger partial charge on any atom is 0.130 e. The molecule has 0 bridgehead atoms. The van der Waals surface area contributed by atoms with E-state index in [1.54, 1.807) is 14.2 Å². The first-order chi connectivity index (χ1) is 10.7. The minimum Gasteiger partial charge on any atom is -0.507 e. The molecule has 3 nitrogen and oxygen atoms in total. The van der Waals surface area contributed by atoms with Crippen LogP contribution in [-0.2, 0) is 6.42 Å². The number of aryl methyl sites for hydroxylation is 1. The summed E-state index contributed by atoms with van der Waals surface area (Å²) in [5.74, 6) is 1.98. The number of aromatic hydroxyl groups is 1. The van der Waals surface area contributed by atoms with E-state index in [9.17, 15) is 5.11 Å². The number of methoxy groups -OCH3 is 2. The van der Waals surface area contributed by atoms with Gasteiger partial charge in [0.2, 0.25) is 0 Å². The maximum absolute atomic E-state index is 10.5. The SMILES string of the molecule is CCCCc1cccc(Pc2c(OC)cccc2OC)c1O. The zero-order chi connectivity index (χ0) is 15.9. The number of hydrogen-bond acceptors (Lipinski definition) is 3. The molecule has 22 heavy (non-hydrogen) atoms. The van der Waals surface area contributed by atoms with Crippen molar-refractivity contribution < 1.29 is 14.6 Å². The zero-order valence-electron chi connectivity index (χ0n) is 13.3. The molecule has 2 aromatic rings. The lowest BCUT2D eigenvalue weighted by Gasteiger charge is -2.15. The fraction of sp³-hybridized carbons (Fsp3) is 0.333.